The average molecular weight is 810 g/mol. The standard InChI is InChI=1S/C42H59N5O11/c1-29-15-11-16-33(30(29)2)41(55)44-24-8-10-27-47(28-14-25-45-42(56)34-17-12-18-35(57-31(3)48)40(34)58-32(4)49)38(52)22-21-36(50)43-23-7-6-9-26-46(5)37(51)19-13-20-39(53)54/h11-12,15-18H,6-10,13-14,19-28H2,1-5H3,(H,43,50)(H,44,55)(H,45,56)(H,53,54). The number of carboxylic acids is 1. The van der Waals surface area contributed by atoms with Crippen LogP contribution in [-0.2, 0) is 28.8 Å². The molecule has 0 fully saturated rings. The molecule has 0 aliphatic rings. The Hall–Kier alpha value is -5.80. The molecule has 2 rings (SSSR count). The van der Waals surface area contributed by atoms with Gasteiger partial charge in [-0.3, -0.25) is 38.4 Å². The monoisotopic (exact) mass is 809 g/mol. The third kappa shape index (κ3) is 18.4. The minimum absolute atomic E-state index is 0.0108. The Bertz CT molecular complexity index is 1750. The van der Waals surface area contributed by atoms with E-state index in [1.54, 1.807) is 22.9 Å². The fourth-order valence-electron chi connectivity index (χ4n) is 5.88. The van der Waals surface area contributed by atoms with Gasteiger partial charge in [0.05, 0.1) is 5.56 Å². The smallest absolute Gasteiger partial charge is 0.308 e. The van der Waals surface area contributed by atoms with E-state index >= 15 is 0 Å². The predicted octanol–water partition coefficient (Wildman–Crippen LogP) is 4.09. The van der Waals surface area contributed by atoms with E-state index in [0.717, 1.165) is 30.9 Å². The Kier molecular flexibility index (Phi) is 21.8. The van der Waals surface area contributed by atoms with Gasteiger partial charge in [0.15, 0.2) is 11.5 Å². The number of aliphatic carboxylic acids is 1. The van der Waals surface area contributed by atoms with E-state index in [9.17, 15) is 38.4 Å². The van der Waals surface area contributed by atoms with E-state index in [0.29, 0.717) is 63.8 Å². The second kappa shape index (κ2) is 26.2. The van der Waals surface area contributed by atoms with Crippen molar-refractivity contribution < 1.29 is 52.9 Å². The molecule has 0 unspecified atom stereocenters. The molecule has 0 bridgehead atoms. The lowest BCUT2D eigenvalue weighted by molar-refractivity contribution is -0.137. The summed E-state index contributed by atoms with van der Waals surface area (Å²) in [6, 6.07) is 9.88. The Morgan fingerprint density at radius 2 is 1.19 bits per heavy atom. The number of benzene rings is 2. The number of carbonyl (C=O) groups excluding carboxylic acids is 7. The van der Waals surface area contributed by atoms with Gasteiger partial charge >= 0.3 is 17.9 Å². The zero-order chi connectivity index (χ0) is 43.0. The van der Waals surface area contributed by atoms with Crippen LogP contribution in [0.15, 0.2) is 36.4 Å². The van der Waals surface area contributed by atoms with Gasteiger partial charge in [-0.2, -0.15) is 0 Å². The van der Waals surface area contributed by atoms with Gasteiger partial charge in [0.25, 0.3) is 11.8 Å². The zero-order valence-corrected chi connectivity index (χ0v) is 34.4. The number of unbranched alkanes of at least 4 members (excludes halogenated alkanes) is 3. The quantitative estimate of drug-likeness (QED) is 0.0603. The van der Waals surface area contributed by atoms with E-state index in [1.807, 2.05) is 26.0 Å². The summed E-state index contributed by atoms with van der Waals surface area (Å²) < 4.78 is 10.3. The van der Waals surface area contributed by atoms with Crippen molar-refractivity contribution >= 4 is 47.4 Å². The molecular formula is C42H59N5O11. The molecule has 318 valence electrons. The molecule has 16 heteroatoms. The van der Waals surface area contributed by atoms with Gasteiger partial charge in [-0.25, -0.2) is 0 Å². The minimum Gasteiger partial charge on any atom is -0.481 e. The molecule has 16 nitrogen and oxygen atoms in total. The summed E-state index contributed by atoms with van der Waals surface area (Å²) in [6.07, 6.45) is 4.14. The number of aryl methyl sites for hydroxylation is 1. The Morgan fingerprint density at radius 1 is 0.603 bits per heavy atom. The highest BCUT2D eigenvalue weighted by Crippen LogP contribution is 2.32. The van der Waals surface area contributed by atoms with Crippen LogP contribution in [0.5, 0.6) is 11.5 Å². The summed E-state index contributed by atoms with van der Waals surface area (Å²) in [7, 11) is 1.68. The molecular weight excluding hydrogens is 750 g/mol. The van der Waals surface area contributed by atoms with Crippen molar-refractivity contribution in [1.82, 2.24) is 25.8 Å². The van der Waals surface area contributed by atoms with Gasteiger partial charge in [-0.1, -0.05) is 18.2 Å². The van der Waals surface area contributed by atoms with E-state index in [4.69, 9.17) is 14.6 Å². The van der Waals surface area contributed by atoms with Crippen molar-refractivity contribution in [2.75, 3.05) is 46.3 Å². The zero-order valence-electron chi connectivity index (χ0n) is 34.4. The largest absolute Gasteiger partial charge is 0.481 e. The van der Waals surface area contributed by atoms with Gasteiger partial charge < -0.3 is 40.3 Å². The van der Waals surface area contributed by atoms with E-state index in [2.05, 4.69) is 16.0 Å². The number of esters is 2. The van der Waals surface area contributed by atoms with E-state index in [1.165, 1.54) is 25.1 Å². The van der Waals surface area contributed by atoms with Crippen molar-refractivity contribution in [3.63, 3.8) is 0 Å². The van der Waals surface area contributed by atoms with Crippen LogP contribution in [-0.4, -0.2) is 109 Å². The molecule has 0 aliphatic heterocycles. The van der Waals surface area contributed by atoms with Crippen molar-refractivity contribution in [2.24, 2.45) is 0 Å². The molecule has 0 saturated carbocycles. The van der Waals surface area contributed by atoms with Crippen molar-refractivity contribution in [3.05, 3.63) is 58.7 Å². The fraction of sp³-hybridized carbons (Fsp3) is 0.524. The van der Waals surface area contributed by atoms with Crippen LogP contribution in [0.4, 0.5) is 0 Å². The summed E-state index contributed by atoms with van der Waals surface area (Å²) in [6.45, 7) is 8.34. The van der Waals surface area contributed by atoms with Crippen LogP contribution < -0.4 is 25.4 Å². The van der Waals surface area contributed by atoms with Crippen LogP contribution >= 0.6 is 0 Å². The first-order chi connectivity index (χ1) is 27.6. The van der Waals surface area contributed by atoms with Crippen LogP contribution in [0.1, 0.15) is 116 Å². The van der Waals surface area contributed by atoms with Crippen molar-refractivity contribution in [1.29, 1.82) is 0 Å². The third-order valence-corrected chi connectivity index (χ3v) is 9.22. The molecule has 2 aromatic rings. The van der Waals surface area contributed by atoms with Crippen LogP contribution in [0.25, 0.3) is 0 Å². The molecule has 0 atom stereocenters. The van der Waals surface area contributed by atoms with Crippen LogP contribution in [0.3, 0.4) is 0 Å². The number of hydrogen-bond acceptors (Lipinski definition) is 10. The Balaban J connectivity index is 1.89. The molecule has 5 amide bonds. The summed E-state index contributed by atoms with van der Waals surface area (Å²) in [5.74, 6) is -3.90. The number of nitrogens with zero attached hydrogens (tertiary/aromatic N) is 2. The molecule has 0 heterocycles. The number of carbonyl (C=O) groups is 8. The molecule has 0 spiro atoms. The summed E-state index contributed by atoms with van der Waals surface area (Å²) in [5, 5.41) is 17.3. The van der Waals surface area contributed by atoms with E-state index < -0.39 is 23.8 Å². The number of ether oxygens (including phenoxy) is 2. The molecule has 0 radical (unpaired) electrons. The highest BCUT2D eigenvalue weighted by molar-refractivity contribution is 5.99. The summed E-state index contributed by atoms with van der Waals surface area (Å²) >= 11 is 0. The molecule has 0 aliphatic carbocycles. The lowest BCUT2D eigenvalue weighted by Gasteiger charge is -2.23. The predicted molar refractivity (Wildman–Crippen MR) is 215 cm³/mol. The minimum atomic E-state index is -0.928. The maximum atomic E-state index is 13.4. The number of rotatable bonds is 26. The number of carboxylic acid groups (broad SMARTS) is 1. The molecule has 4 N–H and O–H groups in total. The maximum Gasteiger partial charge on any atom is 0.308 e. The van der Waals surface area contributed by atoms with Gasteiger partial charge in [0.1, 0.15) is 0 Å². The lowest BCUT2D eigenvalue weighted by atomic mass is 10.0. The molecule has 0 aromatic heterocycles. The number of hydrogen-bond donors (Lipinski definition) is 4. The van der Waals surface area contributed by atoms with Gasteiger partial charge in [-0.05, 0) is 88.1 Å². The second-order valence-electron chi connectivity index (χ2n) is 14.0. The Morgan fingerprint density at radius 3 is 1.88 bits per heavy atom. The molecule has 0 saturated heterocycles. The van der Waals surface area contributed by atoms with Crippen molar-refractivity contribution in [3.8, 4) is 11.5 Å². The van der Waals surface area contributed by atoms with Crippen molar-refractivity contribution in [2.45, 2.75) is 98.3 Å². The van der Waals surface area contributed by atoms with Gasteiger partial charge in [0, 0.05) is 91.4 Å². The number of amides is 5. The third-order valence-electron chi connectivity index (χ3n) is 9.22. The number of nitrogens with one attached hydrogen (secondary N) is 3. The Labute approximate surface area is 340 Å². The molecule has 58 heavy (non-hydrogen) atoms. The topological polar surface area (TPSA) is 218 Å². The van der Waals surface area contributed by atoms with Gasteiger partial charge in [-0.15, -0.1) is 0 Å². The maximum absolute atomic E-state index is 13.4. The summed E-state index contributed by atoms with van der Waals surface area (Å²) in [4.78, 5) is 101. The lowest BCUT2D eigenvalue weighted by Crippen LogP contribution is -2.36. The SMILES string of the molecule is CC(=O)Oc1cccc(C(=O)NCCCN(CCCCNC(=O)c2cccc(C)c2C)C(=O)CCC(=O)NCCCCCN(C)C(=O)CCCC(=O)O)c1OC(C)=O. The highest BCUT2D eigenvalue weighted by Gasteiger charge is 2.21. The first-order valence-corrected chi connectivity index (χ1v) is 19.7. The first-order valence-electron chi connectivity index (χ1n) is 19.7. The van der Waals surface area contributed by atoms with Crippen LogP contribution in [0.2, 0.25) is 0 Å². The highest BCUT2D eigenvalue weighted by atomic mass is 16.6. The van der Waals surface area contributed by atoms with Gasteiger partial charge in [0.2, 0.25) is 17.7 Å². The molecule has 2 aromatic carbocycles. The average Bonchev–Trinajstić information content (AvgIpc) is 3.16. The fourth-order valence-corrected chi connectivity index (χ4v) is 5.88. The summed E-state index contributed by atoms with van der Waals surface area (Å²) in [5.41, 5.74) is 2.54. The van der Waals surface area contributed by atoms with Crippen LogP contribution in [0, 0.1) is 13.8 Å². The van der Waals surface area contributed by atoms with E-state index in [-0.39, 0.29) is 79.5 Å². The second-order valence-corrected chi connectivity index (χ2v) is 14.0. The normalized spacial score (nSPS) is 10.6. The number of para-hydroxylation sites is 1. The first kappa shape index (κ1) is 48.3.